The topological polar surface area (TPSA) is 83.9 Å². The Labute approximate surface area is 172 Å². The molecule has 1 atom stereocenters. The summed E-state index contributed by atoms with van der Waals surface area (Å²) >= 11 is 0.887. The standard InChI is InChI=1S/C22H19NO5S/c1-3-14(2)23-20(24)19(29-22(23)27)12-17-6-4-5-7-18(17)28-13-15-8-10-16(11-9-15)21(25)26/h3-12,14H,1,13H2,2H3,(H,25,26)/b19-12-/t14-/m0/s1. The van der Waals surface area contributed by atoms with Crippen molar-refractivity contribution in [2.75, 3.05) is 0 Å². The third-order valence-corrected chi connectivity index (χ3v) is 5.26. The number of aromatic carboxylic acids is 1. The number of carbonyl (C=O) groups excluding carboxylic acids is 2. The first-order chi connectivity index (χ1) is 13.9. The molecular weight excluding hydrogens is 390 g/mol. The second kappa shape index (κ2) is 8.79. The molecule has 0 bridgehead atoms. The van der Waals surface area contributed by atoms with Crippen LogP contribution >= 0.6 is 11.8 Å². The smallest absolute Gasteiger partial charge is 0.335 e. The molecule has 1 aliphatic heterocycles. The quantitative estimate of drug-likeness (QED) is 0.533. The number of rotatable bonds is 7. The van der Waals surface area contributed by atoms with E-state index in [1.54, 1.807) is 43.3 Å². The van der Waals surface area contributed by atoms with Crippen LogP contribution in [0.3, 0.4) is 0 Å². The van der Waals surface area contributed by atoms with Gasteiger partial charge in [-0.3, -0.25) is 14.5 Å². The van der Waals surface area contributed by atoms with Crippen LogP contribution in [0.25, 0.3) is 6.08 Å². The lowest BCUT2D eigenvalue weighted by molar-refractivity contribution is -0.123. The van der Waals surface area contributed by atoms with Gasteiger partial charge in [0, 0.05) is 5.56 Å². The molecular formula is C22H19NO5S. The number of hydrogen-bond donors (Lipinski definition) is 1. The van der Waals surface area contributed by atoms with Crippen LogP contribution < -0.4 is 4.74 Å². The van der Waals surface area contributed by atoms with Gasteiger partial charge in [-0.05, 0) is 48.5 Å². The first-order valence-corrected chi connectivity index (χ1v) is 9.66. The molecule has 2 amide bonds. The molecule has 1 N–H and O–H groups in total. The molecule has 0 saturated carbocycles. The number of carboxylic acids is 1. The van der Waals surface area contributed by atoms with E-state index < -0.39 is 5.97 Å². The minimum absolute atomic E-state index is 0.207. The van der Waals surface area contributed by atoms with Crippen LogP contribution in [0.2, 0.25) is 0 Å². The first kappa shape index (κ1) is 20.4. The van der Waals surface area contributed by atoms with Crippen molar-refractivity contribution in [1.29, 1.82) is 0 Å². The van der Waals surface area contributed by atoms with E-state index in [0.29, 0.717) is 16.2 Å². The van der Waals surface area contributed by atoms with E-state index in [2.05, 4.69) is 6.58 Å². The van der Waals surface area contributed by atoms with Crippen LogP contribution in [-0.2, 0) is 11.4 Å². The van der Waals surface area contributed by atoms with Crippen molar-refractivity contribution in [3.8, 4) is 5.75 Å². The molecule has 29 heavy (non-hydrogen) atoms. The largest absolute Gasteiger partial charge is 0.488 e. The SMILES string of the molecule is C=C[C@H](C)N1C(=O)S/C(=C\c2ccccc2OCc2ccc(C(=O)O)cc2)C1=O. The summed E-state index contributed by atoms with van der Waals surface area (Å²) in [6.07, 6.45) is 3.19. The summed E-state index contributed by atoms with van der Waals surface area (Å²) in [5, 5.41) is 8.64. The van der Waals surface area contributed by atoms with Gasteiger partial charge in [0.2, 0.25) is 0 Å². The summed E-state index contributed by atoms with van der Waals surface area (Å²) in [5.74, 6) is -0.785. The Bertz CT molecular complexity index is 997. The maximum Gasteiger partial charge on any atom is 0.335 e. The molecule has 1 heterocycles. The van der Waals surface area contributed by atoms with E-state index in [1.807, 2.05) is 12.1 Å². The fourth-order valence-electron chi connectivity index (χ4n) is 2.71. The van der Waals surface area contributed by atoms with Gasteiger partial charge in [-0.15, -0.1) is 6.58 Å². The summed E-state index contributed by atoms with van der Waals surface area (Å²) < 4.78 is 5.86. The molecule has 2 aromatic rings. The average Bonchev–Trinajstić information content (AvgIpc) is 3.00. The lowest BCUT2D eigenvalue weighted by atomic mass is 10.1. The van der Waals surface area contributed by atoms with E-state index in [0.717, 1.165) is 17.3 Å². The normalized spacial score (nSPS) is 16.2. The number of amides is 2. The molecule has 0 radical (unpaired) electrons. The van der Waals surface area contributed by atoms with Crippen molar-refractivity contribution in [2.45, 2.75) is 19.6 Å². The summed E-state index contributed by atoms with van der Waals surface area (Å²) in [5.41, 5.74) is 1.69. The van der Waals surface area contributed by atoms with E-state index in [4.69, 9.17) is 9.84 Å². The molecule has 6 nitrogen and oxygen atoms in total. The lowest BCUT2D eigenvalue weighted by Crippen LogP contribution is -2.35. The molecule has 0 aromatic heterocycles. The van der Waals surface area contributed by atoms with Crippen molar-refractivity contribution < 1.29 is 24.2 Å². The number of carboxylic acid groups (broad SMARTS) is 1. The Hall–Kier alpha value is -3.32. The molecule has 0 spiro atoms. The molecule has 1 aliphatic rings. The van der Waals surface area contributed by atoms with Gasteiger partial charge in [0.15, 0.2) is 0 Å². The van der Waals surface area contributed by atoms with Crippen molar-refractivity contribution in [3.05, 3.63) is 82.8 Å². The van der Waals surface area contributed by atoms with E-state index >= 15 is 0 Å². The molecule has 1 fully saturated rings. The number of nitrogens with zero attached hydrogens (tertiary/aromatic N) is 1. The Balaban J connectivity index is 1.78. The predicted octanol–water partition coefficient (Wildman–Crippen LogP) is 4.57. The third-order valence-electron chi connectivity index (χ3n) is 4.37. The fourth-order valence-corrected chi connectivity index (χ4v) is 3.62. The average molecular weight is 409 g/mol. The zero-order chi connectivity index (χ0) is 21.0. The minimum Gasteiger partial charge on any atom is -0.488 e. The number of hydrogen-bond acceptors (Lipinski definition) is 5. The Morgan fingerprint density at radius 1 is 1.21 bits per heavy atom. The van der Waals surface area contributed by atoms with Crippen molar-refractivity contribution in [1.82, 2.24) is 4.90 Å². The van der Waals surface area contributed by atoms with Gasteiger partial charge < -0.3 is 9.84 Å². The van der Waals surface area contributed by atoms with Crippen molar-refractivity contribution in [3.63, 3.8) is 0 Å². The van der Waals surface area contributed by atoms with Crippen LogP contribution in [0.4, 0.5) is 4.79 Å². The Kier molecular flexibility index (Phi) is 6.19. The van der Waals surface area contributed by atoms with Crippen LogP contribution in [0, 0.1) is 0 Å². The minimum atomic E-state index is -0.984. The second-order valence-corrected chi connectivity index (χ2v) is 7.35. The van der Waals surface area contributed by atoms with Gasteiger partial charge in [0.1, 0.15) is 12.4 Å². The van der Waals surface area contributed by atoms with Gasteiger partial charge in [0.05, 0.1) is 16.5 Å². The zero-order valence-electron chi connectivity index (χ0n) is 15.7. The highest BCUT2D eigenvalue weighted by Gasteiger charge is 2.37. The van der Waals surface area contributed by atoms with Crippen LogP contribution in [0.15, 0.2) is 66.1 Å². The highest BCUT2D eigenvalue weighted by atomic mass is 32.2. The van der Waals surface area contributed by atoms with Crippen molar-refractivity contribution in [2.24, 2.45) is 0 Å². The van der Waals surface area contributed by atoms with Gasteiger partial charge in [-0.2, -0.15) is 0 Å². The predicted molar refractivity (Wildman–Crippen MR) is 112 cm³/mol. The van der Waals surface area contributed by atoms with Crippen LogP contribution in [-0.4, -0.2) is 33.2 Å². The number of para-hydroxylation sites is 1. The fraction of sp³-hybridized carbons (Fsp3) is 0.136. The maximum absolute atomic E-state index is 12.6. The maximum atomic E-state index is 12.6. The molecule has 3 rings (SSSR count). The van der Waals surface area contributed by atoms with Gasteiger partial charge in [-0.25, -0.2) is 4.79 Å². The van der Waals surface area contributed by atoms with E-state index in [-0.39, 0.29) is 29.4 Å². The number of imide groups is 1. The molecule has 0 unspecified atom stereocenters. The number of thioether (sulfide) groups is 1. The van der Waals surface area contributed by atoms with E-state index in [1.165, 1.54) is 17.0 Å². The molecule has 0 aliphatic carbocycles. The van der Waals surface area contributed by atoms with Gasteiger partial charge >= 0.3 is 5.97 Å². The summed E-state index contributed by atoms with van der Waals surface area (Å²) in [7, 11) is 0. The Morgan fingerprint density at radius 3 is 2.55 bits per heavy atom. The summed E-state index contributed by atoms with van der Waals surface area (Å²) in [6, 6.07) is 13.2. The monoisotopic (exact) mass is 409 g/mol. The van der Waals surface area contributed by atoms with Crippen LogP contribution in [0.1, 0.15) is 28.4 Å². The Morgan fingerprint density at radius 2 is 1.90 bits per heavy atom. The van der Waals surface area contributed by atoms with Crippen molar-refractivity contribution >= 4 is 35.0 Å². The van der Waals surface area contributed by atoms with Gasteiger partial charge in [-0.1, -0.05) is 36.4 Å². The number of ether oxygens (including phenoxy) is 1. The lowest BCUT2D eigenvalue weighted by Gasteiger charge is -2.17. The second-order valence-electron chi connectivity index (χ2n) is 6.36. The van der Waals surface area contributed by atoms with E-state index in [9.17, 15) is 14.4 Å². The highest BCUT2D eigenvalue weighted by Crippen LogP contribution is 2.35. The number of carbonyl (C=O) groups is 3. The molecule has 7 heteroatoms. The zero-order valence-corrected chi connectivity index (χ0v) is 16.5. The van der Waals surface area contributed by atoms with Gasteiger partial charge in [0.25, 0.3) is 11.1 Å². The first-order valence-electron chi connectivity index (χ1n) is 8.84. The third kappa shape index (κ3) is 4.57. The van der Waals surface area contributed by atoms with Crippen LogP contribution in [0.5, 0.6) is 5.75 Å². The summed E-state index contributed by atoms with van der Waals surface area (Å²) in [4.78, 5) is 37.2. The molecule has 1 saturated heterocycles. The molecule has 148 valence electrons. The molecule has 2 aromatic carbocycles. The highest BCUT2D eigenvalue weighted by molar-refractivity contribution is 8.18. The summed E-state index contributed by atoms with van der Waals surface area (Å²) in [6.45, 7) is 5.61. The number of benzene rings is 2.